The molecule has 0 saturated carbocycles. The third-order valence-electron chi connectivity index (χ3n) is 12.9. The molecule has 3 fully saturated rings. The van der Waals surface area contributed by atoms with E-state index < -0.39 is 104 Å². The number of fused-ring (bicyclic) bond motifs is 1. The summed E-state index contributed by atoms with van der Waals surface area (Å²) < 4.78 is 71.3. The molecule has 0 spiro atoms. The monoisotopic (exact) mass is 1040 g/mol. The molecule has 77 heavy (non-hydrogen) atoms. The highest BCUT2D eigenvalue weighted by molar-refractivity contribution is 5.92. The van der Waals surface area contributed by atoms with Gasteiger partial charge in [0, 0.05) is 5.56 Å². The van der Waals surface area contributed by atoms with Gasteiger partial charge in [0.1, 0.15) is 31.0 Å². The van der Waals surface area contributed by atoms with Crippen molar-refractivity contribution in [1.29, 1.82) is 0 Å². The van der Waals surface area contributed by atoms with Gasteiger partial charge in [-0.1, -0.05) is 152 Å². The Balaban J connectivity index is 1.09. The zero-order valence-electron chi connectivity index (χ0n) is 41.2. The Kier molecular flexibility index (Phi) is 16.9. The van der Waals surface area contributed by atoms with Gasteiger partial charge in [0.25, 0.3) is 0 Å². The highest BCUT2D eigenvalue weighted by Crippen LogP contribution is 2.40. The lowest BCUT2D eigenvalue weighted by Gasteiger charge is -2.50. The van der Waals surface area contributed by atoms with E-state index in [1.807, 2.05) is 48.5 Å². The molecule has 3 aliphatic heterocycles. The minimum Gasteiger partial charge on any atom is -0.459 e. The van der Waals surface area contributed by atoms with Crippen LogP contribution in [0.4, 0.5) is 0 Å². The van der Waals surface area contributed by atoms with E-state index in [0.717, 1.165) is 0 Å². The van der Waals surface area contributed by atoms with Gasteiger partial charge in [-0.2, -0.15) is 0 Å². The zero-order valence-corrected chi connectivity index (χ0v) is 41.2. The predicted octanol–water partition coefficient (Wildman–Crippen LogP) is 8.91. The molecule has 0 aromatic heterocycles. The van der Waals surface area contributed by atoms with Crippen molar-refractivity contribution in [3.05, 3.63) is 251 Å². The molecule has 392 valence electrons. The summed E-state index contributed by atoms with van der Waals surface area (Å²) in [6.07, 6.45) is -16.1. The van der Waals surface area contributed by atoms with Crippen LogP contribution in [0, 0.1) is 0 Å². The fraction of sp³-hybridized carbons (Fsp3) is 0.230. The molecule has 11 atom stereocenters. The van der Waals surface area contributed by atoms with Crippen LogP contribution in [0.15, 0.2) is 212 Å². The smallest absolute Gasteiger partial charge is 0.338 e. The third kappa shape index (κ3) is 12.8. The van der Waals surface area contributed by atoms with E-state index >= 15 is 0 Å². The number of benzene rings is 7. The summed E-state index contributed by atoms with van der Waals surface area (Å²) in [6.45, 7) is -0.814. The number of carbonyl (C=O) groups excluding carboxylic acids is 5. The van der Waals surface area contributed by atoms with Gasteiger partial charge in [-0.25, -0.2) is 24.0 Å². The molecule has 3 heterocycles. The quantitative estimate of drug-likeness (QED) is 0.0621. The number of hydrogen-bond donors (Lipinski definition) is 0. The zero-order chi connectivity index (χ0) is 52.9. The summed E-state index contributed by atoms with van der Waals surface area (Å²) in [5, 5.41) is 0. The largest absolute Gasteiger partial charge is 0.459 e. The van der Waals surface area contributed by atoms with Crippen molar-refractivity contribution in [1.82, 2.24) is 0 Å². The van der Waals surface area contributed by atoms with Crippen molar-refractivity contribution in [2.75, 3.05) is 13.2 Å². The summed E-state index contributed by atoms with van der Waals surface area (Å²) >= 11 is 0. The van der Waals surface area contributed by atoms with Crippen molar-refractivity contribution in [3.8, 4) is 0 Å². The van der Waals surface area contributed by atoms with Gasteiger partial charge >= 0.3 is 29.8 Å². The van der Waals surface area contributed by atoms with Gasteiger partial charge < -0.3 is 52.1 Å². The van der Waals surface area contributed by atoms with E-state index in [4.69, 9.17) is 52.1 Å². The Bertz CT molecular complexity index is 3040. The van der Waals surface area contributed by atoms with Crippen molar-refractivity contribution in [3.63, 3.8) is 0 Å². The van der Waals surface area contributed by atoms with Crippen LogP contribution < -0.4 is 0 Å². The lowest BCUT2D eigenvalue weighted by Crippen LogP contribution is -2.68. The summed E-state index contributed by atoms with van der Waals surface area (Å²) in [7, 11) is 0. The Morgan fingerprint density at radius 3 is 1.29 bits per heavy atom. The molecule has 7 unspecified atom stereocenters. The van der Waals surface area contributed by atoms with Gasteiger partial charge in [0.2, 0.25) is 0 Å². The van der Waals surface area contributed by atoms with Gasteiger partial charge in [0.15, 0.2) is 43.3 Å². The molecule has 10 rings (SSSR count). The Morgan fingerprint density at radius 2 is 0.805 bits per heavy atom. The fourth-order valence-electron chi connectivity index (χ4n) is 9.05. The van der Waals surface area contributed by atoms with Crippen molar-refractivity contribution in [2.45, 2.75) is 74.3 Å². The van der Waals surface area contributed by atoms with Crippen LogP contribution in [-0.4, -0.2) is 104 Å². The maximum absolute atomic E-state index is 14.5. The molecular weight excluding hydrogens is 989 g/mol. The molecule has 7 aromatic rings. The Morgan fingerprint density at radius 1 is 0.403 bits per heavy atom. The van der Waals surface area contributed by atoms with Gasteiger partial charge in [-0.15, -0.1) is 0 Å². The first kappa shape index (κ1) is 52.1. The van der Waals surface area contributed by atoms with Crippen molar-refractivity contribution >= 4 is 29.8 Å². The second-order valence-corrected chi connectivity index (χ2v) is 18.1. The Hall–Kier alpha value is -8.35. The minimum absolute atomic E-state index is 0.0863. The molecule has 16 heteroatoms. The third-order valence-corrected chi connectivity index (χ3v) is 12.9. The van der Waals surface area contributed by atoms with Gasteiger partial charge in [-0.3, -0.25) is 0 Å². The highest BCUT2D eigenvalue weighted by Gasteiger charge is 2.59. The van der Waals surface area contributed by atoms with Crippen LogP contribution >= 0.6 is 0 Å². The van der Waals surface area contributed by atoms with Crippen LogP contribution in [0.5, 0.6) is 0 Å². The average Bonchev–Trinajstić information content (AvgIpc) is 3.51. The van der Waals surface area contributed by atoms with E-state index in [2.05, 4.69) is 0 Å². The number of ether oxygens (including phenoxy) is 11. The van der Waals surface area contributed by atoms with Crippen LogP contribution in [-0.2, 0) is 58.7 Å². The van der Waals surface area contributed by atoms with E-state index in [-0.39, 0.29) is 41.0 Å². The lowest BCUT2D eigenvalue weighted by atomic mass is 9.95. The second kappa shape index (κ2) is 25.0. The molecule has 3 saturated heterocycles. The molecule has 0 bridgehead atoms. The fourth-order valence-corrected chi connectivity index (χ4v) is 9.05. The number of esters is 5. The molecular formula is C61H52O16. The molecule has 0 N–H and O–H groups in total. The van der Waals surface area contributed by atoms with Crippen LogP contribution in [0.25, 0.3) is 0 Å². The first-order valence-electron chi connectivity index (χ1n) is 25.0. The minimum atomic E-state index is -1.76. The predicted molar refractivity (Wildman–Crippen MR) is 273 cm³/mol. The molecule has 0 aliphatic carbocycles. The van der Waals surface area contributed by atoms with Gasteiger partial charge in [-0.05, 0) is 66.2 Å². The maximum atomic E-state index is 14.5. The van der Waals surface area contributed by atoms with Gasteiger partial charge in [0.05, 0.1) is 41.0 Å². The number of carbonyl (C=O) groups is 5. The number of rotatable bonds is 17. The number of hydrogen-bond acceptors (Lipinski definition) is 16. The second-order valence-electron chi connectivity index (χ2n) is 18.1. The van der Waals surface area contributed by atoms with E-state index in [0.29, 0.717) is 11.1 Å². The van der Waals surface area contributed by atoms with E-state index in [1.165, 1.54) is 12.1 Å². The molecule has 0 radical (unpaired) electrons. The van der Waals surface area contributed by atoms with Crippen molar-refractivity contribution in [2.24, 2.45) is 0 Å². The van der Waals surface area contributed by atoms with E-state index in [9.17, 15) is 24.0 Å². The summed E-state index contributed by atoms with van der Waals surface area (Å²) in [4.78, 5) is 71.3. The molecule has 16 nitrogen and oxygen atoms in total. The van der Waals surface area contributed by atoms with Crippen LogP contribution in [0.2, 0.25) is 0 Å². The topological polar surface area (TPSA) is 187 Å². The first-order chi connectivity index (χ1) is 37.8. The molecule has 3 aliphatic rings. The maximum Gasteiger partial charge on any atom is 0.338 e. The van der Waals surface area contributed by atoms with Crippen LogP contribution in [0.3, 0.4) is 0 Å². The van der Waals surface area contributed by atoms with Crippen molar-refractivity contribution < 1.29 is 76.1 Å². The first-order valence-corrected chi connectivity index (χ1v) is 25.0. The average molecular weight is 1040 g/mol. The lowest BCUT2D eigenvalue weighted by molar-refractivity contribution is -0.383. The molecule has 0 amide bonds. The normalized spacial score (nSPS) is 24.7. The SMILES string of the molecule is O=C(OCC1O[C@@H](OCc2ccccc2)C(OC(=O)c2ccccc2)C(OC(=O)c2ccccc2)[C@@H]1O[C@@H]1OC2COC(c3ccccc3)O[C@@H]2C(OC(=O)c2ccccc2)C1OC(=O)c1ccccc1)c1ccccc1. The van der Waals surface area contributed by atoms with E-state index in [1.54, 1.807) is 152 Å². The molecule has 7 aromatic carbocycles. The van der Waals surface area contributed by atoms with Crippen LogP contribution in [0.1, 0.15) is 69.2 Å². The standard InChI is InChI=1S/C61H52O16/c62-54(40-24-10-2-11-25-40)67-37-46-49(50(72-55(63)41-26-12-3-13-27-41)52(74-57(65)43-30-16-5-17-31-43)60(70-46)68-36-39-22-8-1-9-23-39)77-61-53(75-58(66)44-32-18-6-19-33-44)51(73-56(64)42-28-14-4-15-29-42)48-47(71-61)38-69-59(76-48)45-34-20-7-21-35-45/h1-35,46-53,59-61H,36-38H2/t46?,47?,48-,49+,50?,51?,52?,53?,59?,60+,61-/m0/s1. The Labute approximate surface area is 443 Å². The summed E-state index contributed by atoms with van der Waals surface area (Å²) in [5.74, 6) is -4.11. The summed E-state index contributed by atoms with van der Waals surface area (Å²) in [5.41, 5.74) is 2.12. The summed E-state index contributed by atoms with van der Waals surface area (Å²) in [6, 6.07) is 58.9. The highest BCUT2D eigenvalue weighted by atomic mass is 16.8.